The summed E-state index contributed by atoms with van der Waals surface area (Å²) in [6.45, 7) is 3.61. The summed E-state index contributed by atoms with van der Waals surface area (Å²) in [5.74, 6) is -0.500. The first-order valence-electron chi connectivity index (χ1n) is 6.58. The van der Waals surface area contributed by atoms with Crippen molar-refractivity contribution in [1.82, 2.24) is 9.78 Å². The molecule has 0 fully saturated rings. The van der Waals surface area contributed by atoms with Gasteiger partial charge in [-0.1, -0.05) is 30.3 Å². The molecule has 5 heteroatoms. The number of hydrogen-bond donors (Lipinski definition) is 2. The number of nitrogens with zero attached hydrogens (tertiary/aromatic N) is 2. The predicted octanol–water partition coefficient (Wildman–Crippen LogP) is 1.70. The molecule has 0 spiro atoms. The largest absolute Gasteiger partial charge is 0.368 e. The van der Waals surface area contributed by atoms with E-state index in [1.165, 1.54) is 0 Å². The van der Waals surface area contributed by atoms with Crippen molar-refractivity contribution in [2.24, 2.45) is 11.5 Å². The van der Waals surface area contributed by atoms with Gasteiger partial charge in [-0.2, -0.15) is 5.10 Å². The normalized spacial score (nSPS) is 15.6. The van der Waals surface area contributed by atoms with Gasteiger partial charge in [-0.25, -0.2) is 0 Å². The number of primary amides is 1. The molecule has 0 aliphatic heterocycles. The first-order chi connectivity index (χ1) is 9.40. The molecular formula is C15H20N4O. The summed E-state index contributed by atoms with van der Waals surface area (Å²) in [6.07, 6.45) is 4.21. The molecule has 0 bridgehead atoms. The lowest BCUT2D eigenvalue weighted by atomic mass is 9.94. The minimum atomic E-state index is -1.03. The SMILES string of the molecule is CC(CC(C)(N)C(N)=O)n1cc(-c2ccccc2)cn1. The van der Waals surface area contributed by atoms with Gasteiger partial charge in [-0.15, -0.1) is 0 Å². The first kappa shape index (κ1) is 14.3. The number of rotatable bonds is 5. The van der Waals surface area contributed by atoms with Crippen LogP contribution in [0, 0.1) is 0 Å². The van der Waals surface area contributed by atoms with E-state index in [1.807, 2.05) is 54.3 Å². The third-order valence-electron chi connectivity index (χ3n) is 3.44. The van der Waals surface area contributed by atoms with E-state index in [-0.39, 0.29) is 6.04 Å². The molecule has 2 atom stereocenters. The minimum absolute atomic E-state index is 0.00466. The van der Waals surface area contributed by atoms with Gasteiger partial charge in [-0.05, 0) is 25.8 Å². The number of hydrogen-bond acceptors (Lipinski definition) is 3. The van der Waals surface area contributed by atoms with Crippen molar-refractivity contribution in [3.8, 4) is 11.1 Å². The molecule has 0 aliphatic rings. The van der Waals surface area contributed by atoms with E-state index in [0.29, 0.717) is 6.42 Å². The second-order valence-corrected chi connectivity index (χ2v) is 5.41. The fourth-order valence-electron chi connectivity index (χ4n) is 2.17. The van der Waals surface area contributed by atoms with Crippen molar-refractivity contribution in [3.05, 3.63) is 42.7 Å². The lowest BCUT2D eigenvalue weighted by Crippen LogP contribution is -2.50. The van der Waals surface area contributed by atoms with Crippen LogP contribution in [0.3, 0.4) is 0 Å². The van der Waals surface area contributed by atoms with Crippen molar-refractivity contribution in [1.29, 1.82) is 0 Å². The van der Waals surface area contributed by atoms with Gasteiger partial charge in [0.1, 0.15) is 0 Å². The van der Waals surface area contributed by atoms with Crippen LogP contribution < -0.4 is 11.5 Å². The Morgan fingerprint density at radius 3 is 2.60 bits per heavy atom. The minimum Gasteiger partial charge on any atom is -0.368 e. The number of carbonyl (C=O) groups is 1. The first-order valence-corrected chi connectivity index (χ1v) is 6.58. The Morgan fingerprint density at radius 1 is 1.35 bits per heavy atom. The van der Waals surface area contributed by atoms with Gasteiger partial charge >= 0.3 is 0 Å². The summed E-state index contributed by atoms with van der Waals surface area (Å²) in [5, 5.41) is 4.34. The average molecular weight is 272 g/mol. The van der Waals surface area contributed by atoms with Gasteiger partial charge in [0.2, 0.25) is 5.91 Å². The van der Waals surface area contributed by atoms with Gasteiger partial charge in [-0.3, -0.25) is 9.48 Å². The molecule has 0 radical (unpaired) electrons. The number of nitrogens with two attached hydrogens (primary N) is 2. The Kier molecular flexibility index (Phi) is 3.90. The maximum Gasteiger partial charge on any atom is 0.237 e. The molecule has 1 amide bonds. The Balaban J connectivity index is 2.15. The van der Waals surface area contributed by atoms with Crippen molar-refractivity contribution in [2.45, 2.75) is 31.8 Å². The summed E-state index contributed by atoms with van der Waals surface area (Å²) in [5.41, 5.74) is 12.3. The highest BCUT2D eigenvalue weighted by Crippen LogP contribution is 2.22. The molecule has 1 aromatic heterocycles. The van der Waals surface area contributed by atoms with E-state index in [9.17, 15) is 4.79 Å². The van der Waals surface area contributed by atoms with Crippen molar-refractivity contribution in [2.75, 3.05) is 0 Å². The van der Waals surface area contributed by atoms with Crippen LogP contribution in [0.15, 0.2) is 42.7 Å². The number of benzene rings is 1. The topological polar surface area (TPSA) is 86.9 Å². The third kappa shape index (κ3) is 3.05. The maximum absolute atomic E-state index is 11.3. The quantitative estimate of drug-likeness (QED) is 0.868. The summed E-state index contributed by atoms with van der Waals surface area (Å²) < 4.78 is 1.82. The molecule has 5 nitrogen and oxygen atoms in total. The van der Waals surface area contributed by atoms with E-state index in [0.717, 1.165) is 11.1 Å². The summed E-state index contributed by atoms with van der Waals surface area (Å²) in [4.78, 5) is 11.3. The molecule has 4 N–H and O–H groups in total. The smallest absolute Gasteiger partial charge is 0.237 e. The van der Waals surface area contributed by atoms with E-state index >= 15 is 0 Å². The highest BCUT2D eigenvalue weighted by Gasteiger charge is 2.28. The Morgan fingerprint density at radius 2 is 2.00 bits per heavy atom. The predicted molar refractivity (Wildman–Crippen MR) is 78.8 cm³/mol. The van der Waals surface area contributed by atoms with Gasteiger partial charge in [0.15, 0.2) is 0 Å². The van der Waals surface area contributed by atoms with Crippen molar-refractivity contribution < 1.29 is 4.79 Å². The third-order valence-corrected chi connectivity index (χ3v) is 3.44. The zero-order chi connectivity index (χ0) is 14.8. The van der Waals surface area contributed by atoms with Crippen LogP contribution in [-0.2, 0) is 4.79 Å². The zero-order valence-electron chi connectivity index (χ0n) is 11.8. The molecule has 1 aromatic carbocycles. The number of amides is 1. The molecule has 0 aliphatic carbocycles. The van der Waals surface area contributed by atoms with Crippen LogP contribution in [-0.4, -0.2) is 21.2 Å². The van der Waals surface area contributed by atoms with Crippen LogP contribution in [0.2, 0.25) is 0 Å². The van der Waals surface area contributed by atoms with Gasteiger partial charge < -0.3 is 11.5 Å². The monoisotopic (exact) mass is 272 g/mol. The second-order valence-electron chi connectivity index (χ2n) is 5.41. The van der Waals surface area contributed by atoms with Crippen LogP contribution in [0.1, 0.15) is 26.3 Å². The average Bonchev–Trinajstić information content (AvgIpc) is 2.88. The van der Waals surface area contributed by atoms with Crippen molar-refractivity contribution in [3.63, 3.8) is 0 Å². The summed E-state index contributed by atoms with van der Waals surface area (Å²) in [7, 11) is 0. The van der Waals surface area contributed by atoms with Crippen LogP contribution in [0.5, 0.6) is 0 Å². The molecular weight excluding hydrogens is 252 g/mol. The molecule has 106 valence electrons. The molecule has 0 saturated carbocycles. The fraction of sp³-hybridized carbons (Fsp3) is 0.333. The second kappa shape index (κ2) is 5.46. The number of carbonyl (C=O) groups excluding carboxylic acids is 1. The Hall–Kier alpha value is -2.14. The molecule has 0 saturated heterocycles. The summed E-state index contributed by atoms with van der Waals surface area (Å²) >= 11 is 0. The fourth-order valence-corrected chi connectivity index (χ4v) is 2.17. The standard InChI is InChI=1S/C15H20N4O/c1-11(8-15(2,17)14(16)20)19-10-13(9-18-19)12-6-4-3-5-7-12/h3-7,9-11H,8,17H2,1-2H3,(H2,16,20). The summed E-state index contributed by atoms with van der Waals surface area (Å²) in [6, 6.07) is 10.0. The highest BCUT2D eigenvalue weighted by molar-refractivity contribution is 5.83. The Labute approximate surface area is 118 Å². The van der Waals surface area contributed by atoms with Gasteiger partial charge in [0.25, 0.3) is 0 Å². The van der Waals surface area contributed by atoms with Crippen LogP contribution in [0.4, 0.5) is 0 Å². The Bertz CT molecular complexity index is 589. The molecule has 2 aromatic rings. The van der Waals surface area contributed by atoms with Gasteiger partial charge in [0.05, 0.1) is 17.8 Å². The van der Waals surface area contributed by atoms with Crippen molar-refractivity contribution >= 4 is 5.91 Å². The van der Waals surface area contributed by atoms with E-state index in [1.54, 1.807) is 6.92 Å². The zero-order valence-corrected chi connectivity index (χ0v) is 11.8. The molecule has 20 heavy (non-hydrogen) atoms. The van der Waals surface area contributed by atoms with E-state index in [4.69, 9.17) is 11.5 Å². The maximum atomic E-state index is 11.3. The highest BCUT2D eigenvalue weighted by atomic mass is 16.1. The van der Waals surface area contributed by atoms with Gasteiger partial charge in [0, 0.05) is 11.8 Å². The van der Waals surface area contributed by atoms with E-state index < -0.39 is 11.4 Å². The number of aromatic nitrogens is 2. The van der Waals surface area contributed by atoms with Crippen LogP contribution >= 0.6 is 0 Å². The molecule has 2 rings (SSSR count). The van der Waals surface area contributed by atoms with Crippen LogP contribution in [0.25, 0.3) is 11.1 Å². The molecule has 2 unspecified atom stereocenters. The lowest BCUT2D eigenvalue weighted by molar-refractivity contribution is -0.123. The lowest BCUT2D eigenvalue weighted by Gasteiger charge is -2.24. The van der Waals surface area contributed by atoms with E-state index in [2.05, 4.69) is 5.10 Å². The molecule has 1 heterocycles.